The van der Waals surface area contributed by atoms with Gasteiger partial charge >= 0.3 is 5.97 Å². The molecule has 3 aromatic rings. The van der Waals surface area contributed by atoms with Crippen molar-refractivity contribution in [3.63, 3.8) is 0 Å². The quantitative estimate of drug-likeness (QED) is 0.118. The minimum Gasteiger partial charge on any atom is -0.480 e. The van der Waals surface area contributed by atoms with Crippen molar-refractivity contribution in [1.29, 1.82) is 0 Å². The SMILES string of the molecule is CSCCC(NC(=O)C(Cc1cnc[nH]1)NC(=O)C(CS)NC(=O)C(N)Cc1c[nH]c2ccccc12)C(=O)O. The van der Waals surface area contributed by atoms with Crippen molar-refractivity contribution in [2.45, 2.75) is 43.4 Å². The van der Waals surface area contributed by atoms with Gasteiger partial charge in [0.25, 0.3) is 0 Å². The summed E-state index contributed by atoms with van der Waals surface area (Å²) >= 11 is 5.66. The van der Waals surface area contributed by atoms with E-state index in [1.807, 2.05) is 30.5 Å². The second kappa shape index (κ2) is 14.6. The highest BCUT2D eigenvalue weighted by Crippen LogP contribution is 2.18. The maximum atomic E-state index is 13.1. The summed E-state index contributed by atoms with van der Waals surface area (Å²) in [6, 6.07) is 3.37. The Kier molecular flexibility index (Phi) is 11.3. The van der Waals surface area contributed by atoms with Crippen LogP contribution in [0.3, 0.4) is 0 Å². The number of aromatic amines is 2. The van der Waals surface area contributed by atoms with Crippen LogP contribution in [0, 0.1) is 0 Å². The van der Waals surface area contributed by atoms with E-state index in [-0.39, 0.29) is 25.0 Å². The first-order valence-electron chi connectivity index (χ1n) is 12.2. The van der Waals surface area contributed by atoms with E-state index in [0.717, 1.165) is 16.5 Å². The number of para-hydroxylation sites is 1. The maximum Gasteiger partial charge on any atom is 0.326 e. The van der Waals surface area contributed by atoms with Crippen LogP contribution in [-0.2, 0) is 32.0 Å². The zero-order valence-corrected chi connectivity index (χ0v) is 23.1. The summed E-state index contributed by atoms with van der Waals surface area (Å²) in [5, 5.41) is 18.2. The highest BCUT2D eigenvalue weighted by atomic mass is 32.2. The number of H-pyrrole nitrogens is 2. The van der Waals surface area contributed by atoms with Gasteiger partial charge in [-0.3, -0.25) is 14.4 Å². The van der Waals surface area contributed by atoms with Crippen LogP contribution in [-0.4, -0.2) is 85.7 Å². The van der Waals surface area contributed by atoms with Gasteiger partial charge in [-0.05, 0) is 36.5 Å². The van der Waals surface area contributed by atoms with E-state index in [1.165, 1.54) is 24.3 Å². The predicted molar refractivity (Wildman–Crippen MR) is 153 cm³/mol. The first kappa shape index (κ1) is 30.1. The van der Waals surface area contributed by atoms with E-state index in [2.05, 4.69) is 43.5 Å². The van der Waals surface area contributed by atoms with Crippen LogP contribution in [0.4, 0.5) is 0 Å². The van der Waals surface area contributed by atoms with Crippen LogP contribution < -0.4 is 21.7 Å². The van der Waals surface area contributed by atoms with Crippen LogP contribution in [0.25, 0.3) is 10.9 Å². The van der Waals surface area contributed by atoms with Gasteiger partial charge in [-0.1, -0.05) is 18.2 Å². The molecule has 0 saturated carbocycles. The van der Waals surface area contributed by atoms with E-state index in [4.69, 9.17) is 5.73 Å². The van der Waals surface area contributed by atoms with Gasteiger partial charge in [-0.25, -0.2) is 9.78 Å². The van der Waals surface area contributed by atoms with Crippen molar-refractivity contribution in [2.24, 2.45) is 5.73 Å². The number of benzene rings is 1. The Bertz CT molecular complexity index is 1270. The average molecular weight is 576 g/mol. The summed E-state index contributed by atoms with van der Waals surface area (Å²) < 4.78 is 0. The monoisotopic (exact) mass is 575 g/mol. The maximum absolute atomic E-state index is 13.1. The number of fused-ring (bicyclic) bond motifs is 1. The Morgan fingerprint density at radius 1 is 1.03 bits per heavy atom. The van der Waals surface area contributed by atoms with E-state index in [9.17, 15) is 24.3 Å². The predicted octanol–water partition coefficient (Wildman–Crippen LogP) is 0.225. The summed E-state index contributed by atoms with van der Waals surface area (Å²) in [5.74, 6) is -2.58. The van der Waals surface area contributed by atoms with Crippen molar-refractivity contribution in [1.82, 2.24) is 30.9 Å². The summed E-state index contributed by atoms with van der Waals surface area (Å²) in [5.41, 5.74) is 8.50. The summed E-state index contributed by atoms with van der Waals surface area (Å²) in [4.78, 5) is 60.6. The molecule has 8 N–H and O–H groups in total. The molecule has 3 amide bonds. The number of carbonyl (C=O) groups excluding carboxylic acids is 3. The van der Waals surface area contributed by atoms with Gasteiger partial charge in [0.15, 0.2) is 0 Å². The van der Waals surface area contributed by atoms with Crippen LogP contribution >= 0.6 is 24.4 Å². The topological polar surface area (TPSA) is 195 Å². The molecule has 0 radical (unpaired) electrons. The lowest BCUT2D eigenvalue weighted by Crippen LogP contribution is -2.58. The number of imidazole rings is 1. The number of carboxylic acids is 1. The molecule has 4 atom stereocenters. The molecule has 0 saturated heterocycles. The number of thioether (sulfide) groups is 1. The number of aromatic nitrogens is 3. The van der Waals surface area contributed by atoms with Crippen molar-refractivity contribution in [3.05, 3.63) is 54.2 Å². The van der Waals surface area contributed by atoms with Crippen LogP contribution in [0.15, 0.2) is 43.0 Å². The third-order valence-corrected chi connectivity index (χ3v) is 7.11. The molecule has 0 aliphatic carbocycles. The minimum atomic E-state index is -1.17. The fourth-order valence-corrected chi connectivity index (χ4v) is 4.69. The van der Waals surface area contributed by atoms with Crippen molar-refractivity contribution >= 4 is 59.0 Å². The van der Waals surface area contributed by atoms with Gasteiger partial charge < -0.3 is 36.8 Å². The fraction of sp³-hybridized carbons (Fsp3) is 0.400. The number of hydrogen-bond acceptors (Lipinski definition) is 8. The highest BCUT2D eigenvalue weighted by molar-refractivity contribution is 7.98. The van der Waals surface area contributed by atoms with Crippen molar-refractivity contribution < 1.29 is 24.3 Å². The average Bonchev–Trinajstić information content (AvgIpc) is 3.58. The second-order valence-corrected chi connectivity index (χ2v) is 10.3. The molecule has 2 heterocycles. The normalized spacial score (nSPS) is 14.2. The second-order valence-electron chi connectivity index (χ2n) is 8.94. The van der Waals surface area contributed by atoms with Crippen LogP contribution in [0.5, 0.6) is 0 Å². The molecule has 0 bridgehead atoms. The number of nitrogens with zero attached hydrogens (tertiary/aromatic N) is 1. The van der Waals surface area contributed by atoms with Gasteiger partial charge in [-0.15, -0.1) is 0 Å². The van der Waals surface area contributed by atoms with E-state index < -0.39 is 47.9 Å². The number of nitrogens with two attached hydrogens (primary N) is 1. The number of thiol groups is 1. The van der Waals surface area contributed by atoms with E-state index in [1.54, 1.807) is 6.20 Å². The van der Waals surface area contributed by atoms with Gasteiger partial charge in [0.1, 0.15) is 18.1 Å². The molecule has 2 aromatic heterocycles. The van der Waals surface area contributed by atoms with Gasteiger partial charge in [0.2, 0.25) is 17.7 Å². The Hall–Kier alpha value is -3.49. The smallest absolute Gasteiger partial charge is 0.326 e. The number of nitrogens with one attached hydrogen (secondary N) is 5. The largest absolute Gasteiger partial charge is 0.480 e. The molecule has 0 aliphatic heterocycles. The number of carbonyl (C=O) groups is 4. The number of rotatable bonds is 15. The molecule has 0 fully saturated rings. The Labute approximate surface area is 235 Å². The highest BCUT2D eigenvalue weighted by Gasteiger charge is 2.30. The lowest BCUT2D eigenvalue weighted by Gasteiger charge is -2.24. The lowest BCUT2D eigenvalue weighted by molar-refractivity contribution is -0.142. The molecular weight excluding hydrogens is 542 g/mol. The molecule has 0 aliphatic rings. The third kappa shape index (κ3) is 8.50. The Morgan fingerprint density at radius 2 is 1.72 bits per heavy atom. The standard InChI is InChI=1S/C25H33N7O5S2/c1-39-7-6-19(25(36)37)30-23(34)20(9-15-11-27-13-29-15)31-24(35)21(12-38)32-22(33)17(26)8-14-10-28-18-5-3-2-4-16(14)18/h2-5,10-11,13,17,19-21,28,38H,6-9,12,26H2,1H3,(H,27,29)(H,30,34)(H,31,35)(H,32,33)(H,36,37). The fourth-order valence-electron chi connectivity index (χ4n) is 3.97. The molecule has 1 aromatic carbocycles. The van der Waals surface area contributed by atoms with Crippen molar-refractivity contribution in [2.75, 3.05) is 17.8 Å². The van der Waals surface area contributed by atoms with Gasteiger partial charge in [-0.2, -0.15) is 24.4 Å². The Morgan fingerprint density at radius 3 is 2.38 bits per heavy atom. The zero-order valence-electron chi connectivity index (χ0n) is 21.3. The number of aliphatic carboxylic acids is 1. The van der Waals surface area contributed by atoms with Gasteiger partial charge in [0, 0.05) is 41.2 Å². The van der Waals surface area contributed by atoms with Crippen LogP contribution in [0.1, 0.15) is 17.7 Å². The molecule has 14 heteroatoms. The number of hydrogen-bond donors (Lipinski definition) is 8. The molecule has 4 unspecified atom stereocenters. The number of carboxylic acid groups (broad SMARTS) is 1. The molecule has 3 rings (SSSR count). The zero-order chi connectivity index (χ0) is 28.4. The minimum absolute atomic E-state index is 0.0275. The van der Waals surface area contributed by atoms with Gasteiger partial charge in [0.05, 0.1) is 12.4 Å². The lowest BCUT2D eigenvalue weighted by atomic mass is 10.0. The molecule has 39 heavy (non-hydrogen) atoms. The molecular formula is C25H33N7O5S2. The molecule has 12 nitrogen and oxygen atoms in total. The number of amides is 3. The van der Waals surface area contributed by atoms with Crippen molar-refractivity contribution in [3.8, 4) is 0 Å². The van der Waals surface area contributed by atoms with E-state index in [0.29, 0.717) is 11.4 Å². The molecule has 0 spiro atoms. The third-order valence-electron chi connectivity index (χ3n) is 6.10. The first-order valence-corrected chi connectivity index (χ1v) is 14.3. The summed E-state index contributed by atoms with van der Waals surface area (Å²) in [7, 11) is 0. The first-order chi connectivity index (χ1) is 18.7. The molecule has 210 valence electrons. The summed E-state index contributed by atoms with van der Waals surface area (Å²) in [6.07, 6.45) is 7.04. The van der Waals surface area contributed by atoms with Crippen LogP contribution in [0.2, 0.25) is 0 Å². The Balaban J connectivity index is 1.66. The van der Waals surface area contributed by atoms with E-state index >= 15 is 0 Å². The summed E-state index contributed by atoms with van der Waals surface area (Å²) in [6.45, 7) is 0.